The first-order valence-corrected chi connectivity index (χ1v) is 13.0. The van der Waals surface area contributed by atoms with Crippen LogP contribution in [-0.2, 0) is 17.7 Å². The molecule has 22 heavy (non-hydrogen) atoms. The van der Waals surface area contributed by atoms with Crippen LogP contribution >= 0.6 is 0 Å². The van der Waals surface area contributed by atoms with E-state index in [9.17, 15) is 0 Å². The third-order valence-corrected chi connectivity index (χ3v) is 10.4. The minimum atomic E-state index is -1.97. The molecule has 0 aromatic heterocycles. The third-order valence-electron chi connectivity index (χ3n) is 4.46. The lowest BCUT2D eigenvalue weighted by Crippen LogP contribution is -2.43. The third kappa shape index (κ3) is 8.16. The van der Waals surface area contributed by atoms with Crippen LogP contribution in [0.3, 0.4) is 0 Å². The molecule has 6 nitrogen and oxygen atoms in total. The van der Waals surface area contributed by atoms with E-state index in [1.54, 1.807) is 28.4 Å². The Balaban J connectivity index is 4.23. The van der Waals surface area contributed by atoms with E-state index in [0.29, 0.717) is 0 Å². The molecule has 0 fully saturated rings. The molecule has 0 aliphatic rings. The topological polar surface area (TPSA) is 66.2 Å². The highest BCUT2D eigenvalue weighted by atomic mass is 28.4. The number of hydrogen-bond donors (Lipinski definition) is 1. The predicted octanol–water partition coefficient (Wildman–Crippen LogP) is 2.10. The minimum Gasteiger partial charge on any atom is -0.398 e. The lowest BCUT2D eigenvalue weighted by molar-refractivity contribution is 0.200. The summed E-state index contributed by atoms with van der Waals surface area (Å²) in [5, 5.41) is 0. The lowest BCUT2D eigenvalue weighted by Gasteiger charge is -2.29. The van der Waals surface area contributed by atoms with Gasteiger partial charge in [-0.2, -0.15) is 0 Å². The number of hydrogen-bond acceptors (Lipinski definition) is 6. The molecule has 0 aromatic rings. The highest BCUT2D eigenvalue weighted by Gasteiger charge is 2.29. The zero-order chi connectivity index (χ0) is 17.2. The first-order valence-electron chi connectivity index (χ1n) is 7.96. The van der Waals surface area contributed by atoms with Crippen molar-refractivity contribution in [3.05, 3.63) is 0 Å². The second kappa shape index (κ2) is 10.9. The summed E-state index contributed by atoms with van der Waals surface area (Å²) in [5.74, 6) is 0. The van der Waals surface area contributed by atoms with Gasteiger partial charge in [0.05, 0.1) is 6.17 Å². The smallest absolute Gasteiger partial charge is 0.334 e. The van der Waals surface area contributed by atoms with E-state index in [-0.39, 0.29) is 6.17 Å². The van der Waals surface area contributed by atoms with Gasteiger partial charge in [-0.3, -0.25) is 4.90 Å². The minimum absolute atomic E-state index is 0.0519. The summed E-state index contributed by atoms with van der Waals surface area (Å²) < 4.78 is 22.1. The Labute approximate surface area is 138 Å². The lowest BCUT2D eigenvalue weighted by atomic mass is 10.3. The van der Waals surface area contributed by atoms with Gasteiger partial charge < -0.3 is 23.4 Å². The summed E-state index contributed by atoms with van der Waals surface area (Å²) in [4.78, 5) is 2.31. The summed E-state index contributed by atoms with van der Waals surface area (Å²) in [7, 11) is 3.00. The summed E-state index contributed by atoms with van der Waals surface area (Å²) >= 11 is 0. The van der Waals surface area contributed by atoms with E-state index in [0.717, 1.165) is 38.0 Å². The van der Waals surface area contributed by atoms with Crippen LogP contribution in [0.2, 0.25) is 25.2 Å². The molecule has 0 radical (unpaired) electrons. The number of nitrogens with two attached hydrogens (primary N) is 1. The van der Waals surface area contributed by atoms with Crippen LogP contribution in [0.15, 0.2) is 0 Å². The molecule has 0 aliphatic heterocycles. The van der Waals surface area contributed by atoms with Crippen molar-refractivity contribution in [2.24, 2.45) is 5.73 Å². The van der Waals surface area contributed by atoms with Gasteiger partial charge >= 0.3 is 17.1 Å². The van der Waals surface area contributed by atoms with Crippen LogP contribution in [0.4, 0.5) is 0 Å². The zero-order valence-electron chi connectivity index (χ0n) is 15.5. The quantitative estimate of drug-likeness (QED) is 0.404. The van der Waals surface area contributed by atoms with Crippen molar-refractivity contribution in [1.29, 1.82) is 0 Å². The average Bonchev–Trinajstić information content (AvgIpc) is 2.52. The van der Waals surface area contributed by atoms with Crippen LogP contribution in [0, 0.1) is 0 Å². The molecule has 1 unspecified atom stereocenters. The van der Waals surface area contributed by atoms with Crippen molar-refractivity contribution in [1.82, 2.24) is 4.90 Å². The van der Waals surface area contributed by atoms with E-state index in [2.05, 4.69) is 18.0 Å². The molecular weight excluding hydrogens is 316 g/mol. The summed E-state index contributed by atoms with van der Waals surface area (Å²) in [6.07, 6.45) is 2.13. The molecule has 0 bridgehead atoms. The number of rotatable bonds is 13. The molecule has 0 aromatic carbocycles. The molecule has 0 rings (SSSR count). The van der Waals surface area contributed by atoms with Crippen molar-refractivity contribution in [3.63, 3.8) is 0 Å². The molecule has 0 heterocycles. The maximum absolute atomic E-state index is 6.09. The Morgan fingerprint density at radius 3 is 1.36 bits per heavy atom. The van der Waals surface area contributed by atoms with Crippen LogP contribution in [0.25, 0.3) is 0 Å². The Bertz CT molecular complexity index is 264. The molecule has 8 heteroatoms. The van der Waals surface area contributed by atoms with Crippen molar-refractivity contribution in [3.8, 4) is 0 Å². The van der Waals surface area contributed by atoms with Gasteiger partial charge in [0, 0.05) is 28.4 Å². The van der Waals surface area contributed by atoms with Gasteiger partial charge in [0.25, 0.3) is 0 Å². The first-order chi connectivity index (χ1) is 10.3. The number of nitrogens with zero attached hydrogens (tertiary/aromatic N) is 1. The molecule has 134 valence electrons. The molecule has 0 aliphatic carbocycles. The van der Waals surface area contributed by atoms with Crippen molar-refractivity contribution in [2.45, 2.75) is 51.1 Å². The summed E-state index contributed by atoms with van der Waals surface area (Å²) in [6.45, 7) is 8.15. The standard InChI is InChI=1S/C14H36N2O4Si2/c1-14(15)16(10-8-12-21(6,17-2)18-3)11-9-13-22(7,19-4)20-5/h14H,8-13,15H2,1-7H3. The fourth-order valence-corrected chi connectivity index (χ4v) is 5.05. The van der Waals surface area contributed by atoms with E-state index < -0.39 is 17.1 Å². The van der Waals surface area contributed by atoms with E-state index in [4.69, 9.17) is 23.4 Å². The highest BCUT2D eigenvalue weighted by Crippen LogP contribution is 2.17. The normalized spacial score (nSPS) is 14.6. The van der Waals surface area contributed by atoms with Crippen molar-refractivity contribution < 1.29 is 17.7 Å². The fraction of sp³-hybridized carbons (Fsp3) is 1.00. The van der Waals surface area contributed by atoms with Crippen molar-refractivity contribution >= 4 is 17.1 Å². The molecule has 1 atom stereocenters. The molecule has 0 spiro atoms. The first kappa shape index (κ1) is 22.2. The van der Waals surface area contributed by atoms with E-state index in [1.807, 2.05) is 6.92 Å². The maximum Gasteiger partial charge on any atom is 0.334 e. The zero-order valence-corrected chi connectivity index (χ0v) is 17.5. The predicted molar refractivity (Wildman–Crippen MR) is 95.3 cm³/mol. The van der Waals surface area contributed by atoms with Crippen LogP contribution in [0.1, 0.15) is 19.8 Å². The Kier molecular flexibility index (Phi) is 11.0. The van der Waals surface area contributed by atoms with Gasteiger partial charge in [-0.25, -0.2) is 0 Å². The Morgan fingerprint density at radius 1 is 0.818 bits per heavy atom. The Hall–Kier alpha value is 0.194. The molecule has 0 saturated carbocycles. The van der Waals surface area contributed by atoms with Gasteiger partial charge in [0.15, 0.2) is 0 Å². The Morgan fingerprint density at radius 2 is 1.14 bits per heavy atom. The largest absolute Gasteiger partial charge is 0.398 e. The maximum atomic E-state index is 6.09. The molecule has 2 N–H and O–H groups in total. The van der Waals surface area contributed by atoms with Gasteiger partial charge in [-0.05, 0) is 58.0 Å². The summed E-state index contributed by atoms with van der Waals surface area (Å²) in [6, 6.07) is 1.96. The summed E-state index contributed by atoms with van der Waals surface area (Å²) in [5.41, 5.74) is 6.09. The highest BCUT2D eigenvalue weighted by molar-refractivity contribution is 6.66. The van der Waals surface area contributed by atoms with Gasteiger partial charge in [0.2, 0.25) is 0 Å². The monoisotopic (exact) mass is 352 g/mol. The average molecular weight is 353 g/mol. The van der Waals surface area contributed by atoms with E-state index in [1.165, 1.54) is 0 Å². The fourth-order valence-electron chi connectivity index (χ4n) is 2.30. The van der Waals surface area contributed by atoms with Crippen LogP contribution in [0.5, 0.6) is 0 Å². The van der Waals surface area contributed by atoms with Crippen LogP contribution in [-0.4, -0.2) is 69.7 Å². The second-order valence-electron chi connectivity index (χ2n) is 6.07. The van der Waals surface area contributed by atoms with Gasteiger partial charge in [-0.15, -0.1) is 0 Å². The van der Waals surface area contributed by atoms with Crippen LogP contribution < -0.4 is 5.73 Å². The van der Waals surface area contributed by atoms with E-state index >= 15 is 0 Å². The second-order valence-corrected chi connectivity index (χ2v) is 13.2. The molecular formula is C14H36N2O4Si2. The molecule has 0 saturated heterocycles. The van der Waals surface area contributed by atoms with Gasteiger partial charge in [-0.1, -0.05) is 0 Å². The molecule has 0 amide bonds. The van der Waals surface area contributed by atoms with Gasteiger partial charge in [0.1, 0.15) is 0 Å². The SMILES string of the molecule is CO[Si](C)(CCCN(CCC[Si](C)(OC)OC)C(C)N)OC. The van der Waals surface area contributed by atoms with Crippen molar-refractivity contribution in [2.75, 3.05) is 41.5 Å².